The normalized spacial score (nSPS) is 24.8. The van der Waals surface area contributed by atoms with E-state index in [-0.39, 0.29) is 24.4 Å². The van der Waals surface area contributed by atoms with Crippen molar-refractivity contribution in [3.8, 4) is 0 Å². The van der Waals surface area contributed by atoms with E-state index in [0.29, 0.717) is 12.0 Å². The van der Waals surface area contributed by atoms with E-state index in [4.69, 9.17) is 0 Å². The molecule has 0 bridgehead atoms. The highest BCUT2D eigenvalue weighted by Gasteiger charge is 2.38. The summed E-state index contributed by atoms with van der Waals surface area (Å²) in [6.07, 6.45) is 11.5. The average Bonchev–Trinajstić information content (AvgIpc) is 2.89. The van der Waals surface area contributed by atoms with Crippen molar-refractivity contribution in [1.82, 2.24) is 4.90 Å². The lowest BCUT2D eigenvalue weighted by atomic mass is 9.85. The predicted molar refractivity (Wildman–Crippen MR) is 86.5 cm³/mol. The van der Waals surface area contributed by atoms with Crippen LogP contribution in [0.4, 0.5) is 4.39 Å². The summed E-state index contributed by atoms with van der Waals surface area (Å²) >= 11 is 0. The van der Waals surface area contributed by atoms with Gasteiger partial charge in [0.1, 0.15) is 5.82 Å². The largest absolute Gasteiger partial charge is 0.394 e. The number of rotatable bonds is 2. The molecular weight excluding hydrogens is 293 g/mol. The van der Waals surface area contributed by atoms with Gasteiger partial charge in [0.2, 0.25) is 6.41 Å². The number of hydrogen-bond acceptors (Lipinski definition) is 2. The van der Waals surface area contributed by atoms with Gasteiger partial charge in [-0.05, 0) is 35.3 Å². The summed E-state index contributed by atoms with van der Waals surface area (Å²) in [6, 6.07) is 4.37. The molecule has 23 heavy (non-hydrogen) atoms. The molecule has 4 heteroatoms. The zero-order valence-corrected chi connectivity index (χ0v) is 12.4. The molecule has 0 radical (unpaired) electrons. The Bertz CT molecular complexity index is 804. The molecule has 1 N–H and O–H groups in total. The second kappa shape index (κ2) is 5.32. The quantitative estimate of drug-likeness (QED) is 0.853. The maximum absolute atomic E-state index is 13.8. The van der Waals surface area contributed by atoms with E-state index in [1.807, 2.05) is 18.2 Å². The number of fused-ring (bicyclic) bond motifs is 4. The highest BCUT2D eigenvalue weighted by Crippen LogP contribution is 2.46. The summed E-state index contributed by atoms with van der Waals surface area (Å²) in [7, 11) is 0. The number of carbonyl (C=O) groups excluding carboxylic acids is 1. The molecule has 1 aliphatic heterocycles. The van der Waals surface area contributed by atoms with E-state index in [0.717, 1.165) is 28.8 Å². The van der Waals surface area contributed by atoms with Gasteiger partial charge < -0.3 is 10.0 Å². The molecule has 3 aliphatic rings. The molecule has 1 aromatic rings. The number of halogens is 1. The third-order valence-electron chi connectivity index (χ3n) is 4.77. The number of allylic oxidation sites excluding steroid dienone is 5. The van der Waals surface area contributed by atoms with E-state index in [2.05, 4.69) is 12.2 Å². The lowest BCUT2D eigenvalue weighted by Gasteiger charge is -2.23. The highest BCUT2D eigenvalue weighted by molar-refractivity contribution is 5.87. The van der Waals surface area contributed by atoms with E-state index < -0.39 is 0 Å². The van der Waals surface area contributed by atoms with Crippen LogP contribution in [0.25, 0.3) is 11.8 Å². The lowest BCUT2D eigenvalue weighted by Crippen LogP contribution is -2.31. The van der Waals surface area contributed by atoms with Crippen LogP contribution < -0.4 is 0 Å². The van der Waals surface area contributed by atoms with Crippen LogP contribution >= 0.6 is 0 Å². The lowest BCUT2D eigenvalue weighted by molar-refractivity contribution is -0.117. The fourth-order valence-corrected chi connectivity index (χ4v) is 3.73. The molecule has 0 spiro atoms. The van der Waals surface area contributed by atoms with Crippen LogP contribution in [0.1, 0.15) is 17.5 Å². The second-order valence-electron chi connectivity index (χ2n) is 6.02. The Morgan fingerprint density at radius 1 is 1.35 bits per heavy atom. The van der Waals surface area contributed by atoms with E-state index in [1.54, 1.807) is 11.0 Å². The SMILES string of the molecule is O=CN1C2=C(C[C@@H]1CO)C1C=CC=CC1=Cc1ccc(F)cc12. The van der Waals surface area contributed by atoms with Gasteiger partial charge in [-0.15, -0.1) is 0 Å². The van der Waals surface area contributed by atoms with Crippen LogP contribution in [0.3, 0.4) is 0 Å². The first kappa shape index (κ1) is 14.2. The fourth-order valence-electron chi connectivity index (χ4n) is 3.73. The molecule has 0 fully saturated rings. The number of hydrogen-bond donors (Lipinski definition) is 1. The van der Waals surface area contributed by atoms with Gasteiger partial charge in [0, 0.05) is 11.5 Å². The summed E-state index contributed by atoms with van der Waals surface area (Å²) < 4.78 is 13.8. The van der Waals surface area contributed by atoms with Crippen molar-refractivity contribution >= 4 is 18.2 Å². The van der Waals surface area contributed by atoms with Crippen molar-refractivity contribution in [3.63, 3.8) is 0 Å². The Hall–Kier alpha value is -2.46. The number of aliphatic hydroxyl groups is 1. The van der Waals surface area contributed by atoms with Gasteiger partial charge in [-0.1, -0.05) is 36.4 Å². The van der Waals surface area contributed by atoms with Gasteiger partial charge in [0.15, 0.2) is 0 Å². The third-order valence-corrected chi connectivity index (χ3v) is 4.77. The van der Waals surface area contributed by atoms with Gasteiger partial charge in [0.05, 0.1) is 18.3 Å². The minimum atomic E-state index is -0.330. The first-order chi connectivity index (χ1) is 11.2. The summed E-state index contributed by atoms with van der Waals surface area (Å²) in [6.45, 7) is -0.109. The average molecular weight is 309 g/mol. The fraction of sp³-hybridized carbons (Fsp3) is 0.211. The van der Waals surface area contributed by atoms with Gasteiger partial charge in [-0.3, -0.25) is 4.79 Å². The van der Waals surface area contributed by atoms with Crippen LogP contribution in [0.2, 0.25) is 0 Å². The molecule has 0 saturated heterocycles. The Balaban J connectivity index is 1.99. The van der Waals surface area contributed by atoms with Crippen LogP contribution in [-0.4, -0.2) is 29.1 Å². The minimum Gasteiger partial charge on any atom is -0.394 e. The van der Waals surface area contributed by atoms with Gasteiger partial charge in [-0.2, -0.15) is 0 Å². The zero-order chi connectivity index (χ0) is 16.0. The van der Waals surface area contributed by atoms with Crippen molar-refractivity contribution < 1.29 is 14.3 Å². The van der Waals surface area contributed by atoms with Gasteiger partial charge in [0.25, 0.3) is 0 Å². The Morgan fingerprint density at radius 2 is 2.22 bits per heavy atom. The highest BCUT2D eigenvalue weighted by atomic mass is 19.1. The van der Waals surface area contributed by atoms with Crippen LogP contribution in [0.5, 0.6) is 0 Å². The maximum Gasteiger partial charge on any atom is 0.214 e. The number of carbonyl (C=O) groups is 1. The molecule has 3 nitrogen and oxygen atoms in total. The van der Waals surface area contributed by atoms with Crippen molar-refractivity contribution in [2.24, 2.45) is 5.92 Å². The maximum atomic E-state index is 13.8. The Kier molecular flexibility index (Phi) is 3.27. The van der Waals surface area contributed by atoms with Crippen molar-refractivity contribution in [1.29, 1.82) is 0 Å². The molecule has 2 aliphatic carbocycles. The van der Waals surface area contributed by atoms with Crippen molar-refractivity contribution in [2.75, 3.05) is 6.61 Å². The molecular formula is C19H16FNO2. The minimum absolute atomic E-state index is 0.0597. The van der Waals surface area contributed by atoms with E-state index in [9.17, 15) is 14.3 Å². The summed E-state index contributed by atoms with van der Waals surface area (Å²) in [5, 5.41) is 9.64. The van der Waals surface area contributed by atoms with E-state index in [1.165, 1.54) is 12.1 Å². The van der Waals surface area contributed by atoms with Crippen LogP contribution in [0.15, 0.2) is 53.6 Å². The summed E-state index contributed by atoms with van der Waals surface area (Å²) in [4.78, 5) is 13.2. The zero-order valence-electron chi connectivity index (χ0n) is 12.4. The topological polar surface area (TPSA) is 40.5 Å². The molecule has 1 amide bonds. The number of aliphatic hydroxyl groups excluding tert-OH is 1. The standard InChI is InChI=1S/C19H16FNO2/c20-14-6-5-13-7-12-3-1-2-4-16(12)18-9-15(10-22)21(11-23)19(18)17(13)8-14/h1-8,11,15-16,22H,9-10H2/t15-,16?/m1/s1. The predicted octanol–water partition coefficient (Wildman–Crippen LogP) is 2.90. The van der Waals surface area contributed by atoms with Crippen molar-refractivity contribution in [3.05, 3.63) is 70.6 Å². The van der Waals surface area contributed by atoms with Crippen molar-refractivity contribution in [2.45, 2.75) is 12.5 Å². The van der Waals surface area contributed by atoms with Gasteiger partial charge in [-0.25, -0.2) is 4.39 Å². The second-order valence-corrected chi connectivity index (χ2v) is 6.02. The number of nitrogens with zero attached hydrogens (tertiary/aromatic N) is 1. The Labute approximate surface area is 133 Å². The molecule has 0 aromatic heterocycles. The molecule has 4 rings (SSSR count). The summed E-state index contributed by atoms with van der Waals surface area (Å²) in [5.41, 5.74) is 4.53. The molecule has 0 saturated carbocycles. The Morgan fingerprint density at radius 3 is 3.00 bits per heavy atom. The smallest absolute Gasteiger partial charge is 0.214 e. The molecule has 1 unspecified atom stereocenters. The molecule has 2 atom stereocenters. The van der Waals surface area contributed by atoms with Gasteiger partial charge >= 0.3 is 0 Å². The molecule has 1 heterocycles. The monoisotopic (exact) mass is 309 g/mol. The van der Waals surface area contributed by atoms with Crippen LogP contribution in [0, 0.1) is 11.7 Å². The first-order valence-electron chi connectivity index (χ1n) is 7.67. The third kappa shape index (κ3) is 2.10. The molecule has 1 aromatic carbocycles. The molecule has 116 valence electrons. The number of amides is 1. The first-order valence-corrected chi connectivity index (χ1v) is 7.67. The summed E-state index contributed by atoms with van der Waals surface area (Å²) in [5.74, 6) is -0.271. The van der Waals surface area contributed by atoms with E-state index >= 15 is 0 Å². The van der Waals surface area contributed by atoms with Crippen LogP contribution in [-0.2, 0) is 4.79 Å². The number of benzene rings is 1.